The van der Waals surface area contributed by atoms with E-state index < -0.39 is 0 Å². The van der Waals surface area contributed by atoms with E-state index in [1.54, 1.807) is 0 Å². The molecule has 9 heavy (non-hydrogen) atoms. The van der Waals surface area contributed by atoms with Gasteiger partial charge in [0.1, 0.15) is 0 Å². The molecule has 0 bridgehead atoms. The van der Waals surface area contributed by atoms with Crippen LogP contribution in [0.25, 0.3) is 0 Å². The Bertz CT molecular complexity index is 95.1. The minimum atomic E-state index is -0.182. The Morgan fingerprint density at radius 2 is 2.00 bits per heavy atom. The second-order valence-electron chi connectivity index (χ2n) is 3.07. The molecule has 0 aromatic carbocycles. The van der Waals surface area contributed by atoms with Crippen molar-refractivity contribution in [2.45, 2.75) is 12.2 Å². The Kier molecular flexibility index (Phi) is 2.38. The van der Waals surface area contributed by atoms with Crippen LogP contribution in [0.2, 0.25) is 0 Å². The summed E-state index contributed by atoms with van der Waals surface area (Å²) in [5.74, 6) is 4.30. The summed E-state index contributed by atoms with van der Waals surface area (Å²) in [7, 11) is -0.182. The van der Waals surface area contributed by atoms with Gasteiger partial charge in [0.2, 0.25) is 0 Å². The SMILES string of the molecule is CCS(C)(C)C1CSC1. The van der Waals surface area contributed by atoms with Gasteiger partial charge in [-0.2, -0.15) is 11.8 Å². The summed E-state index contributed by atoms with van der Waals surface area (Å²) >= 11 is 2.11. The van der Waals surface area contributed by atoms with E-state index in [0.717, 1.165) is 5.25 Å². The van der Waals surface area contributed by atoms with E-state index in [-0.39, 0.29) is 10.0 Å². The fourth-order valence-electron chi connectivity index (χ4n) is 0.818. The quantitative estimate of drug-likeness (QED) is 0.603. The van der Waals surface area contributed by atoms with Crippen molar-refractivity contribution in [1.82, 2.24) is 0 Å². The van der Waals surface area contributed by atoms with E-state index in [2.05, 4.69) is 31.2 Å². The summed E-state index contributed by atoms with van der Waals surface area (Å²) in [5, 5.41) is 1.09. The number of rotatable bonds is 2. The molecule has 1 heterocycles. The molecule has 2 heteroatoms. The molecule has 0 aromatic heterocycles. The van der Waals surface area contributed by atoms with Crippen LogP contribution in [0.15, 0.2) is 0 Å². The molecule has 0 atom stereocenters. The lowest BCUT2D eigenvalue weighted by molar-refractivity contribution is 1.06. The smallest absolute Gasteiger partial charge is 0.00651 e. The van der Waals surface area contributed by atoms with Crippen LogP contribution in [0, 0.1) is 0 Å². The van der Waals surface area contributed by atoms with Crippen LogP contribution in [0.1, 0.15) is 6.92 Å². The van der Waals surface area contributed by atoms with Crippen molar-refractivity contribution < 1.29 is 0 Å². The molecule has 0 saturated carbocycles. The molecule has 56 valence electrons. The lowest BCUT2D eigenvalue weighted by Gasteiger charge is -2.44. The molecule has 0 N–H and O–H groups in total. The molecular weight excluding hydrogens is 148 g/mol. The third kappa shape index (κ3) is 1.58. The molecule has 0 amide bonds. The largest absolute Gasteiger partial charge is 0.243 e. The van der Waals surface area contributed by atoms with Crippen LogP contribution in [-0.2, 0) is 0 Å². The van der Waals surface area contributed by atoms with E-state index >= 15 is 0 Å². The number of hydrogen-bond acceptors (Lipinski definition) is 1. The molecule has 1 saturated heterocycles. The molecule has 0 unspecified atom stereocenters. The molecule has 0 spiro atoms. The maximum atomic E-state index is 2.47. The van der Waals surface area contributed by atoms with Crippen LogP contribution in [0.4, 0.5) is 0 Å². The number of hydrogen-bond donors (Lipinski definition) is 0. The van der Waals surface area contributed by atoms with Gasteiger partial charge in [0.25, 0.3) is 0 Å². The normalized spacial score (nSPS) is 23.4. The second-order valence-corrected chi connectivity index (χ2v) is 8.64. The molecule has 0 aliphatic carbocycles. The molecular formula is C7H16S2. The number of thioether (sulfide) groups is 1. The van der Waals surface area contributed by atoms with E-state index in [0.29, 0.717) is 0 Å². The van der Waals surface area contributed by atoms with Gasteiger partial charge in [-0.25, -0.2) is 10.0 Å². The molecule has 0 aromatic rings. The van der Waals surface area contributed by atoms with E-state index in [1.165, 1.54) is 17.3 Å². The predicted octanol–water partition coefficient (Wildman–Crippen LogP) is 2.19. The van der Waals surface area contributed by atoms with Gasteiger partial charge >= 0.3 is 0 Å². The van der Waals surface area contributed by atoms with Crippen molar-refractivity contribution >= 4 is 21.8 Å². The molecule has 1 fully saturated rings. The Morgan fingerprint density at radius 1 is 1.44 bits per heavy atom. The molecule has 1 aliphatic heterocycles. The first-order valence-electron chi connectivity index (χ1n) is 3.44. The molecule has 0 radical (unpaired) electrons. The Balaban J connectivity index is 2.37. The maximum absolute atomic E-state index is 2.47. The summed E-state index contributed by atoms with van der Waals surface area (Å²) in [5.41, 5.74) is 0. The van der Waals surface area contributed by atoms with Gasteiger partial charge in [0, 0.05) is 16.8 Å². The van der Waals surface area contributed by atoms with Gasteiger partial charge < -0.3 is 0 Å². The highest BCUT2D eigenvalue weighted by Gasteiger charge is 2.28. The maximum Gasteiger partial charge on any atom is 0.00651 e. The minimum Gasteiger partial charge on any atom is -0.243 e. The zero-order chi connectivity index (χ0) is 6.91. The van der Waals surface area contributed by atoms with Crippen LogP contribution >= 0.6 is 21.8 Å². The van der Waals surface area contributed by atoms with Crippen molar-refractivity contribution in [2.24, 2.45) is 0 Å². The zero-order valence-electron chi connectivity index (χ0n) is 6.52. The van der Waals surface area contributed by atoms with E-state index in [4.69, 9.17) is 0 Å². The first-order chi connectivity index (χ1) is 4.17. The molecule has 1 rings (SSSR count). The van der Waals surface area contributed by atoms with Crippen LogP contribution < -0.4 is 0 Å². The molecule has 1 aliphatic rings. The summed E-state index contributed by atoms with van der Waals surface area (Å²) < 4.78 is 0. The third-order valence-electron chi connectivity index (χ3n) is 2.25. The fraction of sp³-hybridized carbons (Fsp3) is 1.00. The lowest BCUT2D eigenvalue weighted by atomic mass is 10.5. The van der Waals surface area contributed by atoms with Crippen molar-refractivity contribution in [2.75, 3.05) is 29.8 Å². The average Bonchev–Trinajstić information content (AvgIpc) is 1.60. The predicted molar refractivity (Wildman–Crippen MR) is 51.1 cm³/mol. The monoisotopic (exact) mass is 164 g/mol. The average molecular weight is 164 g/mol. The van der Waals surface area contributed by atoms with Gasteiger partial charge in [0.15, 0.2) is 0 Å². The Morgan fingerprint density at radius 3 is 2.11 bits per heavy atom. The van der Waals surface area contributed by atoms with E-state index in [9.17, 15) is 0 Å². The van der Waals surface area contributed by atoms with Crippen LogP contribution in [-0.4, -0.2) is 35.0 Å². The highest BCUT2D eigenvalue weighted by atomic mass is 32.3. The van der Waals surface area contributed by atoms with E-state index in [1.807, 2.05) is 0 Å². The summed E-state index contributed by atoms with van der Waals surface area (Å²) in [6, 6.07) is 0. The van der Waals surface area contributed by atoms with Crippen molar-refractivity contribution in [3.05, 3.63) is 0 Å². The Labute approximate surface area is 64.1 Å². The highest BCUT2D eigenvalue weighted by Crippen LogP contribution is 2.51. The molecule has 0 nitrogen and oxygen atoms in total. The van der Waals surface area contributed by atoms with Gasteiger partial charge in [-0.15, -0.1) is 0 Å². The highest BCUT2D eigenvalue weighted by molar-refractivity contribution is 8.34. The second kappa shape index (κ2) is 2.75. The summed E-state index contributed by atoms with van der Waals surface area (Å²) in [6.45, 7) is 2.33. The van der Waals surface area contributed by atoms with Crippen molar-refractivity contribution in [3.8, 4) is 0 Å². The lowest BCUT2D eigenvalue weighted by Crippen LogP contribution is -2.31. The van der Waals surface area contributed by atoms with Crippen LogP contribution in [0.3, 0.4) is 0 Å². The van der Waals surface area contributed by atoms with Gasteiger partial charge in [-0.3, -0.25) is 0 Å². The van der Waals surface area contributed by atoms with Crippen molar-refractivity contribution in [1.29, 1.82) is 0 Å². The third-order valence-corrected chi connectivity index (χ3v) is 7.58. The zero-order valence-corrected chi connectivity index (χ0v) is 8.15. The summed E-state index contributed by atoms with van der Waals surface area (Å²) in [6.07, 6.45) is 4.94. The van der Waals surface area contributed by atoms with Crippen LogP contribution in [0.5, 0.6) is 0 Å². The Hall–Kier alpha value is 0.700. The minimum absolute atomic E-state index is 0.182. The van der Waals surface area contributed by atoms with Gasteiger partial charge in [-0.1, -0.05) is 6.92 Å². The standard InChI is InChI=1S/C7H16S2/c1-4-9(2,3)7-5-8-6-7/h7H,4-6H2,1-3H3. The first kappa shape index (κ1) is 7.80. The van der Waals surface area contributed by atoms with Crippen molar-refractivity contribution in [3.63, 3.8) is 0 Å². The fourth-order valence-corrected chi connectivity index (χ4v) is 5.24. The topological polar surface area (TPSA) is 0 Å². The first-order valence-corrected chi connectivity index (χ1v) is 7.28. The van der Waals surface area contributed by atoms with Gasteiger partial charge in [-0.05, 0) is 18.3 Å². The van der Waals surface area contributed by atoms with Gasteiger partial charge in [0.05, 0.1) is 0 Å². The summed E-state index contributed by atoms with van der Waals surface area (Å²) in [4.78, 5) is 0.